The summed E-state index contributed by atoms with van der Waals surface area (Å²) >= 11 is 5.72. The molecule has 1 amide bonds. The van der Waals surface area contributed by atoms with Crippen LogP contribution in [0, 0.1) is 10.1 Å². The summed E-state index contributed by atoms with van der Waals surface area (Å²) in [4.78, 5) is 22.0. The first-order chi connectivity index (χ1) is 10.4. The van der Waals surface area contributed by atoms with Crippen LogP contribution in [-0.4, -0.2) is 17.9 Å². The van der Waals surface area contributed by atoms with Gasteiger partial charge in [-0.2, -0.15) is 0 Å². The van der Waals surface area contributed by atoms with E-state index in [-0.39, 0.29) is 5.02 Å². The highest BCUT2D eigenvalue weighted by atomic mass is 35.5. The fraction of sp³-hybridized carbons (Fsp3) is 0.0714. The van der Waals surface area contributed by atoms with Crippen molar-refractivity contribution in [3.63, 3.8) is 0 Å². The molecule has 0 radical (unpaired) electrons. The molecule has 7 nitrogen and oxygen atoms in total. The smallest absolute Gasteiger partial charge is 0.264 e. The number of hydrogen-bond donors (Lipinski definition) is 1. The summed E-state index contributed by atoms with van der Waals surface area (Å²) in [6.45, 7) is 0. The van der Waals surface area contributed by atoms with Gasteiger partial charge in [0.25, 0.3) is 11.6 Å². The molecule has 2 aromatic rings. The van der Waals surface area contributed by atoms with E-state index in [0.717, 1.165) is 12.1 Å². The van der Waals surface area contributed by atoms with Crippen molar-refractivity contribution in [2.45, 2.75) is 0 Å². The number of rotatable bonds is 4. The van der Waals surface area contributed by atoms with E-state index in [1.165, 1.54) is 7.11 Å². The van der Waals surface area contributed by atoms with E-state index in [1.54, 1.807) is 24.3 Å². The van der Waals surface area contributed by atoms with Crippen molar-refractivity contribution >= 4 is 28.9 Å². The summed E-state index contributed by atoms with van der Waals surface area (Å²) in [7, 11) is 1.47. The average Bonchev–Trinajstić information content (AvgIpc) is 2.49. The van der Waals surface area contributed by atoms with E-state index in [1.807, 2.05) is 0 Å². The summed E-state index contributed by atoms with van der Waals surface area (Å²) in [6, 6.07) is 8.45. The molecule has 0 saturated heterocycles. The van der Waals surface area contributed by atoms with Crippen LogP contribution in [0.2, 0.25) is 5.02 Å². The number of benzene rings is 2. The Morgan fingerprint density at radius 2 is 2.05 bits per heavy atom. The van der Waals surface area contributed by atoms with Gasteiger partial charge < -0.3 is 15.2 Å². The van der Waals surface area contributed by atoms with Gasteiger partial charge in [-0.05, 0) is 23.9 Å². The molecule has 0 aliphatic rings. The van der Waals surface area contributed by atoms with Crippen LogP contribution in [0.5, 0.6) is 11.5 Å². The van der Waals surface area contributed by atoms with E-state index < -0.39 is 27.8 Å². The van der Waals surface area contributed by atoms with Crippen molar-refractivity contribution in [2.75, 3.05) is 12.4 Å². The summed E-state index contributed by atoms with van der Waals surface area (Å²) in [5, 5.41) is 25.1. The third-order valence-electron chi connectivity index (χ3n) is 2.80. The van der Waals surface area contributed by atoms with Crippen LogP contribution in [0.3, 0.4) is 0 Å². The van der Waals surface area contributed by atoms with E-state index in [0.29, 0.717) is 11.4 Å². The molecule has 2 aromatic carbocycles. The van der Waals surface area contributed by atoms with Gasteiger partial charge in [-0.1, -0.05) is 17.7 Å². The Hall–Kier alpha value is -2.80. The Balaban J connectivity index is 2.35. The molecule has 0 unspecified atom stereocenters. The molecule has 0 spiro atoms. The number of halogens is 1. The fourth-order valence-electron chi connectivity index (χ4n) is 1.78. The molecule has 0 aliphatic carbocycles. The number of hydrogen-bond acceptors (Lipinski definition) is 5. The Labute approximate surface area is 130 Å². The Morgan fingerprint density at radius 1 is 1.32 bits per heavy atom. The topological polar surface area (TPSA) is 105 Å². The second kappa shape index (κ2) is 6.31. The number of anilines is 1. The lowest BCUT2D eigenvalue weighted by Crippen LogP contribution is -2.15. The maximum Gasteiger partial charge on any atom is 0.264 e. The van der Waals surface area contributed by atoms with Crippen LogP contribution in [-0.2, 0) is 0 Å². The molecule has 114 valence electrons. The van der Waals surface area contributed by atoms with E-state index >= 15 is 0 Å². The molecule has 0 atom stereocenters. The number of methoxy groups -OCH3 is 1. The zero-order valence-electron chi connectivity index (χ0n) is 11.3. The van der Waals surface area contributed by atoms with Crippen molar-refractivity contribution in [1.29, 1.82) is 0 Å². The number of nitrogens with zero attached hydrogens (tertiary/aromatic N) is 1. The monoisotopic (exact) mass is 321 g/mol. The fourth-order valence-corrected chi connectivity index (χ4v) is 2.00. The van der Waals surface area contributed by atoms with Crippen LogP contribution in [0.15, 0.2) is 36.4 Å². The van der Waals surface area contributed by atoms with E-state index in [2.05, 4.69) is 5.32 Å². The number of nitro groups is 1. The minimum Gasteiger partial charge on any atom is -0.867 e. The molecule has 0 aromatic heterocycles. The van der Waals surface area contributed by atoms with Gasteiger partial charge in [0, 0.05) is 28.4 Å². The number of carbonyl (C=O) groups excluding carboxylic acids is 1. The molecule has 0 saturated carbocycles. The Bertz CT molecular complexity index is 748. The third kappa shape index (κ3) is 3.26. The lowest BCUT2D eigenvalue weighted by Gasteiger charge is -2.14. The SMILES string of the molecule is COc1cccc(NC(=O)c2cc(Cl)cc([N+](=O)[O-])c2[O-])c1. The number of amides is 1. The van der Waals surface area contributed by atoms with Gasteiger partial charge in [-0.25, -0.2) is 0 Å². The minimum absolute atomic E-state index is 0.0675. The molecule has 22 heavy (non-hydrogen) atoms. The van der Waals surface area contributed by atoms with Crippen LogP contribution < -0.4 is 15.2 Å². The van der Waals surface area contributed by atoms with Crippen molar-refractivity contribution in [1.82, 2.24) is 0 Å². The highest BCUT2D eigenvalue weighted by molar-refractivity contribution is 6.31. The summed E-state index contributed by atoms with van der Waals surface area (Å²) in [5.74, 6) is -1.27. The number of ether oxygens (including phenoxy) is 1. The second-order valence-electron chi connectivity index (χ2n) is 4.24. The minimum atomic E-state index is -0.991. The molecule has 2 rings (SSSR count). The lowest BCUT2D eigenvalue weighted by molar-refractivity contribution is -0.398. The quantitative estimate of drug-likeness (QED) is 0.688. The zero-order chi connectivity index (χ0) is 16.3. The first-order valence-electron chi connectivity index (χ1n) is 6.02. The summed E-state index contributed by atoms with van der Waals surface area (Å²) in [5.41, 5.74) is -0.767. The Kier molecular flexibility index (Phi) is 4.47. The zero-order valence-corrected chi connectivity index (χ0v) is 12.1. The van der Waals surface area contributed by atoms with Gasteiger partial charge in [0.05, 0.1) is 12.0 Å². The van der Waals surface area contributed by atoms with Crippen molar-refractivity contribution in [3.05, 3.63) is 57.1 Å². The van der Waals surface area contributed by atoms with Crippen molar-refractivity contribution in [2.24, 2.45) is 0 Å². The van der Waals surface area contributed by atoms with Crippen LogP contribution in [0.4, 0.5) is 11.4 Å². The maximum atomic E-state index is 12.1. The molecular weight excluding hydrogens is 312 g/mol. The number of carbonyl (C=O) groups is 1. The van der Waals surface area contributed by atoms with E-state index in [9.17, 15) is 20.0 Å². The van der Waals surface area contributed by atoms with Gasteiger partial charge in [0.1, 0.15) is 5.75 Å². The molecule has 1 N–H and O–H groups in total. The van der Waals surface area contributed by atoms with Crippen LogP contribution in [0.25, 0.3) is 0 Å². The van der Waals surface area contributed by atoms with Gasteiger partial charge in [0.15, 0.2) is 0 Å². The highest BCUT2D eigenvalue weighted by Crippen LogP contribution is 2.31. The summed E-state index contributed by atoms with van der Waals surface area (Å²) < 4.78 is 5.01. The second-order valence-corrected chi connectivity index (χ2v) is 4.68. The first kappa shape index (κ1) is 15.6. The average molecular weight is 322 g/mol. The van der Waals surface area contributed by atoms with Crippen LogP contribution in [0.1, 0.15) is 10.4 Å². The highest BCUT2D eigenvalue weighted by Gasteiger charge is 2.17. The lowest BCUT2D eigenvalue weighted by atomic mass is 10.1. The van der Waals surface area contributed by atoms with Gasteiger partial charge in [-0.15, -0.1) is 0 Å². The normalized spacial score (nSPS) is 10.1. The van der Waals surface area contributed by atoms with Gasteiger partial charge >= 0.3 is 0 Å². The molecule has 0 fully saturated rings. The van der Waals surface area contributed by atoms with Crippen molar-refractivity contribution < 1.29 is 19.6 Å². The maximum absolute atomic E-state index is 12.1. The molecule has 0 bridgehead atoms. The Morgan fingerprint density at radius 3 is 2.68 bits per heavy atom. The molecule has 0 heterocycles. The first-order valence-corrected chi connectivity index (χ1v) is 6.40. The molecule has 0 aliphatic heterocycles. The summed E-state index contributed by atoms with van der Waals surface area (Å²) in [6.07, 6.45) is 0. The van der Waals surface area contributed by atoms with Gasteiger partial charge in [0.2, 0.25) is 0 Å². The largest absolute Gasteiger partial charge is 0.867 e. The standard InChI is InChI=1S/C14H11ClN2O5/c1-22-10-4-2-3-9(7-10)16-14(19)11-5-8(15)6-12(13(11)18)17(20)21/h2-7,18H,1H3,(H,16,19)/p-1. The molecular formula is C14H10ClN2O5-. The number of nitro benzene ring substituents is 1. The van der Waals surface area contributed by atoms with Crippen molar-refractivity contribution in [3.8, 4) is 11.5 Å². The number of nitrogens with one attached hydrogen (secondary N) is 1. The predicted octanol–water partition coefficient (Wildman–Crippen LogP) is 2.58. The van der Waals surface area contributed by atoms with Crippen LogP contribution >= 0.6 is 11.6 Å². The molecule has 8 heteroatoms. The van der Waals surface area contributed by atoms with E-state index in [4.69, 9.17) is 16.3 Å². The predicted molar refractivity (Wildman–Crippen MR) is 78.5 cm³/mol. The third-order valence-corrected chi connectivity index (χ3v) is 3.02. The van der Waals surface area contributed by atoms with Gasteiger partial charge in [-0.3, -0.25) is 14.9 Å².